The van der Waals surface area contributed by atoms with Crippen molar-refractivity contribution in [2.24, 2.45) is 0 Å². The summed E-state index contributed by atoms with van der Waals surface area (Å²) in [4.78, 5) is 0. The number of aliphatic hydroxyl groups excluding tert-OH is 3. The first-order chi connectivity index (χ1) is 9.68. The molecule has 3 N–H and O–H groups in total. The molecule has 3 nitrogen and oxygen atoms in total. The Hall–Kier alpha value is 0.230. The fourth-order valence-electron chi connectivity index (χ4n) is 1.84. The summed E-state index contributed by atoms with van der Waals surface area (Å²) in [5.74, 6) is 1.12. The van der Waals surface area contributed by atoms with Gasteiger partial charge in [-0.05, 0) is 19.1 Å². The molecule has 0 amide bonds. The van der Waals surface area contributed by atoms with Crippen molar-refractivity contribution in [3.8, 4) is 0 Å². The van der Waals surface area contributed by atoms with Gasteiger partial charge in [0, 0.05) is 0 Å². The van der Waals surface area contributed by atoms with Crippen LogP contribution in [-0.2, 0) is 0 Å². The number of rotatable bonds is 13. The van der Waals surface area contributed by atoms with Crippen LogP contribution >= 0.6 is 11.8 Å². The highest BCUT2D eigenvalue weighted by Gasteiger charge is 1.96. The zero-order chi connectivity index (χ0) is 15.5. The molecule has 0 radical (unpaired) electrons. The molecule has 0 aromatic heterocycles. The average Bonchev–Trinajstić information content (AvgIpc) is 2.44. The zero-order valence-corrected chi connectivity index (χ0v) is 14.3. The highest BCUT2D eigenvalue weighted by molar-refractivity contribution is 7.99. The van der Waals surface area contributed by atoms with E-state index in [-0.39, 0.29) is 18.6 Å². The quantitative estimate of drug-likeness (QED) is 0.356. The molecule has 0 bridgehead atoms. The molecule has 0 heterocycles. The number of hydrogen-bond donors (Lipinski definition) is 3. The Morgan fingerprint density at radius 1 is 0.750 bits per heavy atom. The average molecular weight is 309 g/mol. The minimum Gasteiger partial charge on any atom is -0.394 e. The normalized spacial score (nSPS) is 11.8. The van der Waals surface area contributed by atoms with Crippen molar-refractivity contribution in [1.82, 2.24) is 0 Å². The van der Waals surface area contributed by atoms with Crippen LogP contribution in [0.1, 0.15) is 78.1 Å². The van der Waals surface area contributed by atoms with Crippen LogP contribution in [0.5, 0.6) is 0 Å². The van der Waals surface area contributed by atoms with Crippen LogP contribution < -0.4 is 0 Å². The van der Waals surface area contributed by atoms with Gasteiger partial charge in [-0.1, -0.05) is 64.7 Å². The molecule has 20 heavy (non-hydrogen) atoms. The van der Waals surface area contributed by atoms with Crippen LogP contribution in [-0.4, -0.2) is 39.7 Å². The van der Waals surface area contributed by atoms with Crippen LogP contribution in [0.4, 0.5) is 0 Å². The SMILES string of the molecule is CCCCCCCCCCCCSC(C)O.OCCO. The van der Waals surface area contributed by atoms with E-state index in [4.69, 9.17) is 15.3 Å². The molecule has 4 heteroatoms. The van der Waals surface area contributed by atoms with Crippen molar-refractivity contribution >= 4 is 11.8 Å². The van der Waals surface area contributed by atoms with Crippen molar-refractivity contribution in [3.63, 3.8) is 0 Å². The predicted octanol–water partition coefficient (Wildman–Crippen LogP) is 3.95. The first kappa shape index (κ1) is 22.5. The molecule has 124 valence electrons. The van der Waals surface area contributed by atoms with E-state index in [0.29, 0.717) is 0 Å². The first-order valence-electron chi connectivity index (χ1n) is 8.20. The number of thioether (sulfide) groups is 1. The van der Waals surface area contributed by atoms with Gasteiger partial charge >= 0.3 is 0 Å². The standard InChI is InChI=1S/C14H30OS.C2H6O2/c1-3-4-5-6-7-8-9-10-11-12-13-16-14(2)15;3-1-2-4/h14-15H,3-13H2,1-2H3;3-4H,1-2H2. The van der Waals surface area contributed by atoms with Gasteiger partial charge in [0.25, 0.3) is 0 Å². The van der Waals surface area contributed by atoms with Crippen LogP contribution in [0.25, 0.3) is 0 Å². The van der Waals surface area contributed by atoms with Gasteiger partial charge < -0.3 is 15.3 Å². The maximum Gasteiger partial charge on any atom is 0.0964 e. The maximum atomic E-state index is 9.06. The molecule has 0 aromatic rings. The second kappa shape index (κ2) is 21.5. The van der Waals surface area contributed by atoms with E-state index in [0.717, 1.165) is 5.75 Å². The van der Waals surface area contributed by atoms with Crippen LogP contribution in [0.3, 0.4) is 0 Å². The molecule has 0 saturated heterocycles. The van der Waals surface area contributed by atoms with Crippen molar-refractivity contribution in [2.75, 3.05) is 19.0 Å². The van der Waals surface area contributed by atoms with Gasteiger partial charge in [-0.3, -0.25) is 0 Å². The van der Waals surface area contributed by atoms with E-state index >= 15 is 0 Å². The fourth-order valence-corrected chi connectivity index (χ4v) is 2.56. The topological polar surface area (TPSA) is 60.7 Å². The molecular weight excluding hydrogens is 272 g/mol. The zero-order valence-electron chi connectivity index (χ0n) is 13.5. The van der Waals surface area contributed by atoms with Gasteiger partial charge in [0.05, 0.1) is 18.6 Å². The lowest BCUT2D eigenvalue weighted by Crippen LogP contribution is -1.93. The van der Waals surface area contributed by atoms with Gasteiger partial charge in [0.2, 0.25) is 0 Å². The highest BCUT2D eigenvalue weighted by atomic mass is 32.2. The van der Waals surface area contributed by atoms with Gasteiger partial charge in [-0.15, -0.1) is 11.8 Å². The van der Waals surface area contributed by atoms with Gasteiger partial charge in [0.15, 0.2) is 0 Å². The summed E-state index contributed by atoms with van der Waals surface area (Å²) in [6.45, 7) is 3.87. The van der Waals surface area contributed by atoms with Crippen LogP contribution in [0, 0.1) is 0 Å². The second-order valence-corrected chi connectivity index (χ2v) is 6.52. The molecule has 0 rings (SSSR count). The number of aliphatic hydroxyl groups is 3. The molecule has 0 saturated carbocycles. The predicted molar refractivity (Wildman–Crippen MR) is 90.2 cm³/mol. The van der Waals surface area contributed by atoms with E-state index < -0.39 is 0 Å². The summed E-state index contributed by atoms with van der Waals surface area (Å²) in [6, 6.07) is 0. The Morgan fingerprint density at radius 2 is 1.15 bits per heavy atom. The van der Waals surface area contributed by atoms with E-state index in [2.05, 4.69) is 6.92 Å². The lowest BCUT2D eigenvalue weighted by molar-refractivity contribution is 0.186. The molecule has 0 aliphatic rings. The molecule has 1 atom stereocenters. The largest absolute Gasteiger partial charge is 0.394 e. The maximum absolute atomic E-state index is 9.06. The smallest absolute Gasteiger partial charge is 0.0964 e. The molecule has 0 aromatic carbocycles. The summed E-state index contributed by atoms with van der Waals surface area (Å²) in [5, 5.41) is 24.3. The van der Waals surface area contributed by atoms with E-state index in [1.54, 1.807) is 11.8 Å². The lowest BCUT2D eigenvalue weighted by atomic mass is 10.1. The van der Waals surface area contributed by atoms with Crippen LogP contribution in [0.15, 0.2) is 0 Å². The van der Waals surface area contributed by atoms with Crippen molar-refractivity contribution in [1.29, 1.82) is 0 Å². The van der Waals surface area contributed by atoms with E-state index in [1.165, 1.54) is 64.2 Å². The van der Waals surface area contributed by atoms with Gasteiger partial charge in [-0.25, -0.2) is 0 Å². The molecule has 0 fully saturated rings. The first-order valence-corrected chi connectivity index (χ1v) is 9.25. The minimum absolute atomic E-state index is 0.125. The Balaban J connectivity index is 0. The van der Waals surface area contributed by atoms with E-state index in [9.17, 15) is 0 Å². The third kappa shape index (κ3) is 26.7. The summed E-state index contributed by atoms with van der Waals surface area (Å²) in [6.07, 6.45) is 13.9. The summed E-state index contributed by atoms with van der Waals surface area (Å²) in [7, 11) is 0. The van der Waals surface area contributed by atoms with Crippen molar-refractivity contribution in [2.45, 2.75) is 83.5 Å². The monoisotopic (exact) mass is 308 g/mol. The van der Waals surface area contributed by atoms with Crippen molar-refractivity contribution < 1.29 is 15.3 Å². The van der Waals surface area contributed by atoms with Gasteiger partial charge in [-0.2, -0.15) is 0 Å². The summed E-state index contributed by atoms with van der Waals surface area (Å²) < 4.78 is 0. The summed E-state index contributed by atoms with van der Waals surface area (Å²) in [5.41, 5.74) is -0.182. The molecule has 0 aliphatic carbocycles. The molecular formula is C16H36O3S. The Kier molecular flexibility index (Phi) is 24.2. The second-order valence-electron chi connectivity index (χ2n) is 5.10. The lowest BCUT2D eigenvalue weighted by Gasteiger charge is -2.04. The number of unbranched alkanes of at least 4 members (excludes halogenated alkanes) is 9. The van der Waals surface area contributed by atoms with Gasteiger partial charge in [0.1, 0.15) is 0 Å². The molecule has 1 unspecified atom stereocenters. The Bertz CT molecular complexity index is 153. The minimum atomic E-state index is -0.182. The van der Waals surface area contributed by atoms with E-state index in [1.807, 2.05) is 6.92 Å². The molecule has 0 spiro atoms. The summed E-state index contributed by atoms with van der Waals surface area (Å²) >= 11 is 1.66. The Labute approximate surface area is 130 Å². The Morgan fingerprint density at radius 3 is 1.50 bits per heavy atom. The molecule has 0 aliphatic heterocycles. The third-order valence-corrected chi connectivity index (χ3v) is 3.96. The van der Waals surface area contributed by atoms with Crippen LogP contribution in [0.2, 0.25) is 0 Å². The van der Waals surface area contributed by atoms with Crippen molar-refractivity contribution in [3.05, 3.63) is 0 Å². The fraction of sp³-hybridized carbons (Fsp3) is 1.00. The number of hydrogen-bond acceptors (Lipinski definition) is 4. The third-order valence-electron chi connectivity index (χ3n) is 2.96. The highest BCUT2D eigenvalue weighted by Crippen LogP contribution is 2.13.